The molecule has 0 radical (unpaired) electrons. The molecule has 0 saturated carbocycles. The first kappa shape index (κ1) is 21.7. The molecule has 6 nitrogen and oxygen atoms in total. The number of carbonyl (C=O) groups is 1. The Morgan fingerprint density at radius 1 is 1.23 bits per heavy atom. The van der Waals surface area contributed by atoms with Crippen molar-refractivity contribution in [2.75, 3.05) is 38.5 Å². The maximum absolute atomic E-state index is 13.1. The van der Waals surface area contributed by atoms with Gasteiger partial charge in [-0.15, -0.1) is 0 Å². The predicted octanol–water partition coefficient (Wildman–Crippen LogP) is 3.37. The molecule has 31 heavy (non-hydrogen) atoms. The first-order valence-corrected chi connectivity index (χ1v) is 11.3. The van der Waals surface area contributed by atoms with Gasteiger partial charge in [0.15, 0.2) is 0 Å². The number of aryl methyl sites for hydroxylation is 1. The van der Waals surface area contributed by atoms with Crippen LogP contribution in [0, 0.1) is 5.82 Å². The van der Waals surface area contributed by atoms with Crippen LogP contribution in [0.5, 0.6) is 0 Å². The van der Waals surface area contributed by atoms with Gasteiger partial charge in [0.05, 0.1) is 12.2 Å². The number of likely N-dealkylation sites (tertiary alicyclic amines) is 1. The Balaban J connectivity index is 1.49. The SMILES string of the molecule is CC(=O)N1CCc2nc(C3CCCN(C)C3)nc(NCCCc3ccc(F)cc3)c2C1. The van der Waals surface area contributed by atoms with E-state index in [-0.39, 0.29) is 11.7 Å². The molecule has 1 unspecified atom stereocenters. The lowest BCUT2D eigenvalue weighted by Gasteiger charge is -2.32. The maximum Gasteiger partial charge on any atom is 0.219 e. The van der Waals surface area contributed by atoms with Gasteiger partial charge in [-0.1, -0.05) is 12.1 Å². The zero-order chi connectivity index (χ0) is 21.8. The second kappa shape index (κ2) is 9.73. The van der Waals surface area contributed by atoms with Gasteiger partial charge in [-0.2, -0.15) is 0 Å². The first-order chi connectivity index (χ1) is 15.0. The van der Waals surface area contributed by atoms with Crippen LogP contribution < -0.4 is 5.32 Å². The molecule has 7 heteroatoms. The summed E-state index contributed by atoms with van der Waals surface area (Å²) in [7, 11) is 2.16. The predicted molar refractivity (Wildman–Crippen MR) is 120 cm³/mol. The number of benzene rings is 1. The molecular formula is C24H32FN5O. The summed E-state index contributed by atoms with van der Waals surface area (Å²) in [4.78, 5) is 26.1. The van der Waals surface area contributed by atoms with Crippen LogP contribution in [0.15, 0.2) is 24.3 Å². The van der Waals surface area contributed by atoms with Crippen LogP contribution in [0.3, 0.4) is 0 Å². The van der Waals surface area contributed by atoms with Gasteiger partial charge in [-0.3, -0.25) is 4.79 Å². The number of piperidine rings is 1. The quantitative estimate of drug-likeness (QED) is 0.719. The average Bonchev–Trinajstić information content (AvgIpc) is 2.77. The Hall–Kier alpha value is -2.54. The van der Waals surface area contributed by atoms with Gasteiger partial charge in [0.2, 0.25) is 5.91 Å². The monoisotopic (exact) mass is 425 g/mol. The second-order valence-electron chi connectivity index (χ2n) is 8.80. The van der Waals surface area contributed by atoms with E-state index < -0.39 is 0 Å². The molecule has 1 aromatic carbocycles. The largest absolute Gasteiger partial charge is 0.370 e. The van der Waals surface area contributed by atoms with Gasteiger partial charge in [0, 0.05) is 44.5 Å². The highest BCUT2D eigenvalue weighted by atomic mass is 19.1. The van der Waals surface area contributed by atoms with E-state index in [9.17, 15) is 9.18 Å². The fourth-order valence-electron chi connectivity index (χ4n) is 4.56. The highest BCUT2D eigenvalue weighted by Gasteiger charge is 2.27. The van der Waals surface area contributed by atoms with Crippen molar-refractivity contribution < 1.29 is 9.18 Å². The standard InChI is InChI=1S/C24H32FN5O/c1-17(31)30-14-11-22-21(16-30)24(26-12-3-5-18-7-9-20(25)10-8-18)28-23(27-22)19-6-4-13-29(2)15-19/h7-10,19H,3-6,11-16H2,1-2H3,(H,26,27,28). The lowest BCUT2D eigenvalue weighted by atomic mass is 9.96. The molecule has 2 aliphatic rings. The third kappa shape index (κ3) is 5.39. The van der Waals surface area contributed by atoms with Crippen molar-refractivity contribution in [3.8, 4) is 0 Å². The van der Waals surface area contributed by atoms with Crippen LogP contribution >= 0.6 is 0 Å². The normalized spacial score (nSPS) is 19.2. The van der Waals surface area contributed by atoms with Gasteiger partial charge in [-0.05, 0) is 57.0 Å². The van der Waals surface area contributed by atoms with Crippen molar-refractivity contribution in [1.29, 1.82) is 0 Å². The minimum absolute atomic E-state index is 0.0888. The van der Waals surface area contributed by atoms with E-state index in [1.807, 2.05) is 17.0 Å². The van der Waals surface area contributed by atoms with Crippen molar-refractivity contribution in [3.05, 3.63) is 52.7 Å². The fraction of sp³-hybridized carbons (Fsp3) is 0.542. The minimum Gasteiger partial charge on any atom is -0.370 e. The van der Waals surface area contributed by atoms with E-state index in [2.05, 4.69) is 17.3 Å². The number of hydrogen-bond donors (Lipinski definition) is 1. The smallest absolute Gasteiger partial charge is 0.219 e. The van der Waals surface area contributed by atoms with Crippen LogP contribution in [0.1, 0.15) is 54.7 Å². The van der Waals surface area contributed by atoms with Crippen molar-refractivity contribution in [1.82, 2.24) is 19.8 Å². The van der Waals surface area contributed by atoms with Crippen molar-refractivity contribution in [3.63, 3.8) is 0 Å². The van der Waals surface area contributed by atoms with Gasteiger partial charge in [0.1, 0.15) is 17.5 Å². The fourth-order valence-corrected chi connectivity index (χ4v) is 4.56. The number of halogens is 1. The molecule has 1 fully saturated rings. The molecule has 2 aromatic rings. The van der Waals surface area contributed by atoms with Crippen LogP contribution in [-0.4, -0.2) is 58.9 Å². The lowest BCUT2D eigenvalue weighted by Crippen LogP contribution is -2.36. The number of rotatable bonds is 6. The van der Waals surface area contributed by atoms with Gasteiger partial charge in [0.25, 0.3) is 0 Å². The molecule has 1 atom stereocenters. The molecule has 1 aromatic heterocycles. The second-order valence-corrected chi connectivity index (χ2v) is 8.80. The number of amides is 1. The summed E-state index contributed by atoms with van der Waals surface area (Å²) in [5.41, 5.74) is 3.26. The molecule has 166 valence electrons. The summed E-state index contributed by atoms with van der Waals surface area (Å²) >= 11 is 0. The van der Waals surface area contributed by atoms with E-state index >= 15 is 0 Å². The molecule has 0 spiro atoms. The molecule has 0 bridgehead atoms. The van der Waals surface area contributed by atoms with Crippen molar-refractivity contribution in [2.45, 2.75) is 51.5 Å². The summed E-state index contributed by atoms with van der Waals surface area (Å²) in [6.45, 7) is 5.79. The summed E-state index contributed by atoms with van der Waals surface area (Å²) < 4.78 is 13.1. The van der Waals surface area contributed by atoms with Crippen LogP contribution in [0.2, 0.25) is 0 Å². The number of likely N-dealkylation sites (N-methyl/N-ethyl adjacent to an activating group) is 1. The molecule has 1 N–H and O–H groups in total. The molecule has 3 heterocycles. The van der Waals surface area contributed by atoms with E-state index in [0.717, 1.165) is 73.8 Å². The molecular weight excluding hydrogens is 393 g/mol. The van der Waals surface area contributed by atoms with Crippen LogP contribution in [-0.2, 0) is 24.2 Å². The van der Waals surface area contributed by atoms with Crippen molar-refractivity contribution in [2.24, 2.45) is 0 Å². The molecule has 4 rings (SSSR count). The number of carbonyl (C=O) groups excluding carboxylic acids is 1. The van der Waals surface area contributed by atoms with E-state index in [4.69, 9.17) is 9.97 Å². The van der Waals surface area contributed by atoms with Crippen LogP contribution in [0.25, 0.3) is 0 Å². The number of nitrogens with zero attached hydrogens (tertiary/aromatic N) is 4. The number of aromatic nitrogens is 2. The molecule has 2 aliphatic heterocycles. The van der Waals surface area contributed by atoms with E-state index in [1.165, 1.54) is 18.6 Å². The Kier molecular flexibility index (Phi) is 6.80. The average molecular weight is 426 g/mol. The highest BCUT2D eigenvalue weighted by Crippen LogP contribution is 2.29. The Labute approximate surface area is 183 Å². The number of hydrogen-bond acceptors (Lipinski definition) is 5. The Morgan fingerprint density at radius 2 is 2.03 bits per heavy atom. The van der Waals surface area contributed by atoms with E-state index in [1.54, 1.807) is 6.92 Å². The topological polar surface area (TPSA) is 61.4 Å². The van der Waals surface area contributed by atoms with Crippen LogP contribution in [0.4, 0.5) is 10.2 Å². The van der Waals surface area contributed by atoms with Gasteiger partial charge in [-0.25, -0.2) is 14.4 Å². The summed E-state index contributed by atoms with van der Waals surface area (Å²) in [6, 6.07) is 6.69. The Morgan fingerprint density at radius 3 is 2.77 bits per heavy atom. The highest BCUT2D eigenvalue weighted by molar-refractivity contribution is 5.74. The Bertz CT molecular complexity index is 917. The maximum atomic E-state index is 13.1. The zero-order valence-corrected chi connectivity index (χ0v) is 18.5. The number of fused-ring (bicyclic) bond motifs is 1. The molecule has 1 amide bonds. The number of anilines is 1. The first-order valence-electron chi connectivity index (χ1n) is 11.3. The van der Waals surface area contributed by atoms with Gasteiger partial charge >= 0.3 is 0 Å². The number of nitrogens with one attached hydrogen (secondary N) is 1. The third-order valence-electron chi connectivity index (χ3n) is 6.36. The third-order valence-corrected chi connectivity index (χ3v) is 6.36. The minimum atomic E-state index is -0.203. The van der Waals surface area contributed by atoms with E-state index in [0.29, 0.717) is 19.0 Å². The summed E-state index contributed by atoms with van der Waals surface area (Å²) in [5.74, 6) is 2.05. The summed E-state index contributed by atoms with van der Waals surface area (Å²) in [5, 5.41) is 3.53. The van der Waals surface area contributed by atoms with Crippen molar-refractivity contribution >= 4 is 11.7 Å². The molecule has 0 aliphatic carbocycles. The molecule has 1 saturated heterocycles. The summed E-state index contributed by atoms with van der Waals surface area (Å²) in [6.07, 6.45) is 4.85. The van der Waals surface area contributed by atoms with Gasteiger partial charge < -0.3 is 15.1 Å². The lowest BCUT2D eigenvalue weighted by molar-refractivity contribution is -0.129. The zero-order valence-electron chi connectivity index (χ0n) is 18.5.